The highest BCUT2D eigenvalue weighted by atomic mass is 79.9. The maximum atomic E-state index is 10.4. The first-order valence-electron chi connectivity index (χ1n) is 3.18. The Morgan fingerprint density at radius 1 is 1.25 bits per heavy atom. The van der Waals surface area contributed by atoms with Gasteiger partial charge in [-0.15, -0.1) is 0 Å². The molecular weight excluding hydrogens is 296 g/mol. The summed E-state index contributed by atoms with van der Waals surface area (Å²) in [6.45, 7) is 0. The van der Waals surface area contributed by atoms with Crippen LogP contribution in [0.15, 0.2) is 0 Å². The lowest BCUT2D eigenvalue weighted by Crippen LogP contribution is -2.24. The van der Waals surface area contributed by atoms with E-state index in [0.29, 0.717) is 0 Å². The molecule has 0 bridgehead atoms. The van der Waals surface area contributed by atoms with Crippen molar-refractivity contribution in [3.05, 3.63) is 0 Å². The Kier molecular flexibility index (Phi) is 5.48. The molecule has 6 heteroatoms. The summed E-state index contributed by atoms with van der Waals surface area (Å²) in [5, 5.41) is 16.8. The first kappa shape index (κ1) is 11.9. The van der Waals surface area contributed by atoms with Crippen LogP contribution >= 0.6 is 31.9 Å². The van der Waals surface area contributed by atoms with Crippen molar-refractivity contribution in [2.45, 2.75) is 22.5 Å². The van der Waals surface area contributed by atoms with Gasteiger partial charge in [0.2, 0.25) is 0 Å². The predicted molar refractivity (Wildman–Crippen MR) is 49.9 cm³/mol. The van der Waals surface area contributed by atoms with Gasteiger partial charge in [0.05, 0.1) is 0 Å². The molecular formula is C6H8Br2O4. The summed E-state index contributed by atoms with van der Waals surface area (Å²) in [5.74, 6) is -1.92. The third-order valence-corrected chi connectivity index (χ3v) is 3.91. The lowest BCUT2D eigenvalue weighted by molar-refractivity contribution is -0.138. The summed E-state index contributed by atoms with van der Waals surface area (Å²) in [6, 6.07) is 0. The van der Waals surface area contributed by atoms with E-state index in [-0.39, 0.29) is 17.7 Å². The molecule has 70 valence electrons. The van der Waals surface area contributed by atoms with E-state index < -0.39 is 16.8 Å². The summed E-state index contributed by atoms with van der Waals surface area (Å²) in [7, 11) is 0. The normalized spacial score (nSPS) is 15.2. The van der Waals surface area contributed by atoms with Gasteiger partial charge in [0, 0.05) is 11.2 Å². The first-order chi connectivity index (χ1) is 5.45. The average molecular weight is 304 g/mol. The van der Waals surface area contributed by atoms with E-state index in [2.05, 4.69) is 31.9 Å². The molecule has 4 nitrogen and oxygen atoms in total. The summed E-state index contributed by atoms with van der Waals surface area (Å²) in [6.07, 6.45) is 0.253. The van der Waals surface area contributed by atoms with Crippen molar-refractivity contribution in [1.29, 1.82) is 0 Å². The number of halogens is 2. The van der Waals surface area contributed by atoms with Crippen LogP contribution in [0.25, 0.3) is 0 Å². The third kappa shape index (κ3) is 4.71. The molecule has 0 radical (unpaired) electrons. The van der Waals surface area contributed by atoms with E-state index in [1.165, 1.54) is 0 Å². The van der Waals surface area contributed by atoms with Crippen molar-refractivity contribution in [3.63, 3.8) is 0 Å². The Bertz CT molecular complexity index is 182. The standard InChI is InChI=1S/C6H8Br2O4/c7-3(1-2-4(9)10)5(8)6(11)12/h3,5H,1-2H2,(H,9,10)(H,11,12)/t3-,5+/m0/s1. The van der Waals surface area contributed by atoms with E-state index in [1.807, 2.05) is 0 Å². The fourth-order valence-corrected chi connectivity index (χ4v) is 1.28. The zero-order chi connectivity index (χ0) is 9.72. The van der Waals surface area contributed by atoms with Gasteiger partial charge >= 0.3 is 11.9 Å². The average Bonchev–Trinajstić information content (AvgIpc) is 1.98. The molecule has 0 aliphatic carbocycles. The smallest absolute Gasteiger partial charge is 0.318 e. The van der Waals surface area contributed by atoms with E-state index >= 15 is 0 Å². The van der Waals surface area contributed by atoms with Crippen molar-refractivity contribution in [2.75, 3.05) is 0 Å². The van der Waals surface area contributed by atoms with Crippen LogP contribution in [0.5, 0.6) is 0 Å². The van der Waals surface area contributed by atoms with Gasteiger partial charge in [-0.05, 0) is 6.42 Å². The number of aliphatic carboxylic acids is 2. The number of rotatable bonds is 5. The van der Waals surface area contributed by atoms with E-state index in [1.54, 1.807) is 0 Å². The molecule has 0 fully saturated rings. The lowest BCUT2D eigenvalue weighted by Gasteiger charge is -2.10. The molecule has 2 N–H and O–H groups in total. The molecule has 0 heterocycles. The maximum absolute atomic E-state index is 10.4. The number of hydrogen-bond donors (Lipinski definition) is 2. The molecule has 0 aromatic heterocycles. The Labute approximate surface area is 86.2 Å². The van der Waals surface area contributed by atoms with Crippen LogP contribution in [0.4, 0.5) is 0 Å². The molecule has 0 amide bonds. The molecule has 12 heavy (non-hydrogen) atoms. The number of carbonyl (C=O) groups is 2. The van der Waals surface area contributed by atoms with Gasteiger partial charge in [0.25, 0.3) is 0 Å². The molecule has 0 unspecified atom stereocenters. The molecule has 2 atom stereocenters. The lowest BCUT2D eigenvalue weighted by atomic mass is 10.2. The number of carboxylic acid groups (broad SMARTS) is 2. The van der Waals surface area contributed by atoms with Crippen LogP contribution in [0, 0.1) is 0 Å². The molecule has 0 aromatic carbocycles. The zero-order valence-electron chi connectivity index (χ0n) is 6.04. The summed E-state index contributed by atoms with van der Waals surface area (Å²) >= 11 is 6.00. The highest BCUT2D eigenvalue weighted by molar-refractivity contribution is 9.12. The number of hydrogen-bond acceptors (Lipinski definition) is 2. The van der Waals surface area contributed by atoms with Crippen molar-refractivity contribution < 1.29 is 19.8 Å². The molecule has 0 spiro atoms. The summed E-state index contributed by atoms with van der Waals surface area (Å²) in [5.41, 5.74) is 0. The van der Waals surface area contributed by atoms with Crippen LogP contribution < -0.4 is 0 Å². The van der Waals surface area contributed by atoms with Crippen molar-refractivity contribution in [2.24, 2.45) is 0 Å². The summed E-state index contributed by atoms with van der Waals surface area (Å²) in [4.78, 5) is 19.4. The largest absolute Gasteiger partial charge is 0.481 e. The van der Waals surface area contributed by atoms with Crippen molar-refractivity contribution >= 4 is 43.8 Å². The van der Waals surface area contributed by atoms with Crippen molar-refractivity contribution in [1.82, 2.24) is 0 Å². The summed E-state index contributed by atoms with van der Waals surface area (Å²) < 4.78 is 0. The highest BCUT2D eigenvalue weighted by Crippen LogP contribution is 2.19. The third-order valence-electron chi connectivity index (χ3n) is 1.19. The minimum Gasteiger partial charge on any atom is -0.481 e. The molecule has 0 aromatic rings. The first-order valence-corrected chi connectivity index (χ1v) is 5.01. The second-order valence-corrected chi connectivity index (χ2v) is 4.35. The molecule has 0 saturated heterocycles. The monoisotopic (exact) mass is 302 g/mol. The Morgan fingerprint density at radius 2 is 1.75 bits per heavy atom. The topological polar surface area (TPSA) is 74.6 Å². The van der Waals surface area contributed by atoms with Gasteiger partial charge in [0.15, 0.2) is 0 Å². The van der Waals surface area contributed by atoms with Crippen LogP contribution in [0.1, 0.15) is 12.8 Å². The molecule has 0 aliphatic rings. The minimum absolute atomic E-state index is 0.0364. The highest BCUT2D eigenvalue weighted by Gasteiger charge is 2.23. The fourth-order valence-electron chi connectivity index (χ4n) is 0.562. The fraction of sp³-hybridized carbons (Fsp3) is 0.667. The maximum Gasteiger partial charge on any atom is 0.318 e. The second kappa shape index (κ2) is 5.53. The molecule has 0 aliphatic heterocycles. The van der Waals surface area contributed by atoms with E-state index in [0.717, 1.165) is 0 Å². The van der Waals surface area contributed by atoms with E-state index in [4.69, 9.17) is 10.2 Å². The van der Waals surface area contributed by atoms with Crippen LogP contribution in [0.2, 0.25) is 0 Å². The second-order valence-electron chi connectivity index (χ2n) is 2.19. The Morgan fingerprint density at radius 3 is 2.08 bits per heavy atom. The van der Waals surface area contributed by atoms with Gasteiger partial charge in [-0.3, -0.25) is 9.59 Å². The van der Waals surface area contributed by atoms with Gasteiger partial charge < -0.3 is 10.2 Å². The number of carboxylic acids is 2. The quantitative estimate of drug-likeness (QED) is 0.754. The predicted octanol–water partition coefficient (Wildman–Crippen LogP) is 1.46. The van der Waals surface area contributed by atoms with Gasteiger partial charge in [-0.1, -0.05) is 31.9 Å². The van der Waals surface area contributed by atoms with Crippen LogP contribution in [-0.2, 0) is 9.59 Å². The number of alkyl halides is 2. The molecule has 0 saturated carbocycles. The SMILES string of the molecule is O=C(O)CC[C@H](Br)[C@@H](Br)C(=O)O. The van der Waals surface area contributed by atoms with Gasteiger partial charge in [-0.2, -0.15) is 0 Å². The molecule has 0 rings (SSSR count). The minimum atomic E-state index is -0.998. The Hall–Kier alpha value is -0.100. The van der Waals surface area contributed by atoms with Gasteiger partial charge in [0.1, 0.15) is 4.83 Å². The van der Waals surface area contributed by atoms with Crippen molar-refractivity contribution in [3.8, 4) is 0 Å². The van der Waals surface area contributed by atoms with Crippen LogP contribution in [-0.4, -0.2) is 31.8 Å². The van der Waals surface area contributed by atoms with E-state index in [9.17, 15) is 9.59 Å². The van der Waals surface area contributed by atoms with Crippen LogP contribution in [0.3, 0.4) is 0 Å². The zero-order valence-corrected chi connectivity index (χ0v) is 9.21. The Balaban J connectivity index is 3.79. The van der Waals surface area contributed by atoms with Gasteiger partial charge in [-0.25, -0.2) is 0 Å².